The fourth-order valence-corrected chi connectivity index (χ4v) is 2.18. The summed E-state index contributed by atoms with van der Waals surface area (Å²) >= 11 is 0. The van der Waals surface area contributed by atoms with E-state index in [1.54, 1.807) is 11.0 Å². The SMILES string of the molecule is CCc1cccc(CC)c1NC(N)=NCc1ncn(C)n1.I. The van der Waals surface area contributed by atoms with Gasteiger partial charge in [0, 0.05) is 12.7 Å². The highest BCUT2D eigenvalue weighted by atomic mass is 127. The molecule has 0 saturated carbocycles. The maximum atomic E-state index is 5.98. The van der Waals surface area contributed by atoms with Crippen molar-refractivity contribution in [2.24, 2.45) is 17.8 Å². The zero-order chi connectivity index (χ0) is 15.2. The van der Waals surface area contributed by atoms with Gasteiger partial charge in [-0.1, -0.05) is 32.0 Å². The first-order valence-electron chi connectivity index (χ1n) is 7.16. The average molecular weight is 414 g/mol. The van der Waals surface area contributed by atoms with Gasteiger partial charge in [-0.05, 0) is 24.0 Å². The van der Waals surface area contributed by atoms with E-state index in [1.165, 1.54) is 11.1 Å². The Bertz CT molecular complexity index is 612. The molecule has 6 nitrogen and oxygen atoms in total. The minimum atomic E-state index is 0. The second-order valence-corrected chi connectivity index (χ2v) is 4.82. The van der Waals surface area contributed by atoms with Crippen molar-refractivity contribution >= 4 is 35.6 Å². The van der Waals surface area contributed by atoms with Crippen molar-refractivity contribution in [2.75, 3.05) is 5.32 Å². The molecular weight excluding hydrogens is 391 g/mol. The van der Waals surface area contributed by atoms with Crippen LogP contribution in [0.3, 0.4) is 0 Å². The lowest BCUT2D eigenvalue weighted by Crippen LogP contribution is -2.24. The highest BCUT2D eigenvalue weighted by molar-refractivity contribution is 14.0. The first-order valence-corrected chi connectivity index (χ1v) is 7.16. The number of anilines is 1. The number of benzene rings is 1. The maximum Gasteiger partial charge on any atom is 0.193 e. The van der Waals surface area contributed by atoms with Gasteiger partial charge in [0.1, 0.15) is 12.9 Å². The van der Waals surface area contributed by atoms with Gasteiger partial charge in [-0.15, -0.1) is 24.0 Å². The molecule has 1 heterocycles. The van der Waals surface area contributed by atoms with Gasteiger partial charge in [-0.3, -0.25) is 4.68 Å². The molecule has 0 aliphatic carbocycles. The number of nitrogens with two attached hydrogens (primary N) is 1. The van der Waals surface area contributed by atoms with Gasteiger partial charge in [-0.25, -0.2) is 9.98 Å². The van der Waals surface area contributed by atoms with Crippen molar-refractivity contribution in [2.45, 2.75) is 33.2 Å². The molecule has 120 valence electrons. The van der Waals surface area contributed by atoms with E-state index in [9.17, 15) is 0 Å². The van der Waals surface area contributed by atoms with E-state index in [-0.39, 0.29) is 24.0 Å². The summed E-state index contributed by atoms with van der Waals surface area (Å²) in [5.74, 6) is 1.04. The van der Waals surface area contributed by atoms with E-state index in [0.29, 0.717) is 18.3 Å². The van der Waals surface area contributed by atoms with E-state index >= 15 is 0 Å². The van der Waals surface area contributed by atoms with Crippen LogP contribution in [0.2, 0.25) is 0 Å². The number of para-hydroxylation sites is 1. The van der Waals surface area contributed by atoms with Crippen LogP contribution < -0.4 is 11.1 Å². The van der Waals surface area contributed by atoms with Crippen LogP contribution in [0, 0.1) is 0 Å². The highest BCUT2D eigenvalue weighted by Crippen LogP contribution is 2.22. The normalized spacial score (nSPS) is 11.1. The van der Waals surface area contributed by atoms with Crippen molar-refractivity contribution < 1.29 is 0 Å². The molecule has 0 atom stereocenters. The number of halogens is 1. The molecule has 1 aromatic carbocycles. The van der Waals surface area contributed by atoms with E-state index in [2.05, 4.69) is 52.4 Å². The van der Waals surface area contributed by atoms with Gasteiger partial charge in [0.2, 0.25) is 0 Å². The molecule has 0 fully saturated rings. The number of nitrogens with one attached hydrogen (secondary N) is 1. The molecule has 0 unspecified atom stereocenters. The summed E-state index contributed by atoms with van der Waals surface area (Å²) in [6.45, 7) is 4.63. The summed E-state index contributed by atoms with van der Waals surface area (Å²) < 4.78 is 1.65. The molecule has 1 aromatic heterocycles. The summed E-state index contributed by atoms with van der Waals surface area (Å²) in [5.41, 5.74) is 9.53. The van der Waals surface area contributed by atoms with Crippen molar-refractivity contribution in [1.29, 1.82) is 0 Å². The predicted octanol–water partition coefficient (Wildman–Crippen LogP) is 2.48. The molecule has 22 heavy (non-hydrogen) atoms. The van der Waals surface area contributed by atoms with Crippen molar-refractivity contribution in [3.8, 4) is 0 Å². The smallest absolute Gasteiger partial charge is 0.193 e. The Morgan fingerprint density at radius 3 is 2.41 bits per heavy atom. The summed E-state index contributed by atoms with van der Waals surface area (Å²) in [6, 6.07) is 6.29. The van der Waals surface area contributed by atoms with Crippen LogP contribution in [0.1, 0.15) is 30.8 Å². The number of aryl methyl sites for hydroxylation is 3. The predicted molar refractivity (Wildman–Crippen MR) is 101 cm³/mol. The number of rotatable bonds is 5. The number of nitrogens with zero attached hydrogens (tertiary/aromatic N) is 4. The molecule has 0 radical (unpaired) electrons. The molecule has 0 spiro atoms. The molecular formula is C15H23IN6. The lowest BCUT2D eigenvalue weighted by atomic mass is 10.0. The Balaban J connectivity index is 0.00000242. The van der Waals surface area contributed by atoms with E-state index in [4.69, 9.17) is 5.73 Å². The molecule has 3 N–H and O–H groups in total. The van der Waals surface area contributed by atoms with Crippen LogP contribution in [0.25, 0.3) is 0 Å². The molecule has 0 saturated heterocycles. The Morgan fingerprint density at radius 1 is 1.27 bits per heavy atom. The molecule has 0 aliphatic rings. The van der Waals surface area contributed by atoms with Gasteiger partial charge >= 0.3 is 0 Å². The minimum Gasteiger partial charge on any atom is -0.370 e. The minimum absolute atomic E-state index is 0. The highest BCUT2D eigenvalue weighted by Gasteiger charge is 2.07. The van der Waals surface area contributed by atoms with E-state index in [1.807, 2.05) is 7.05 Å². The lowest BCUT2D eigenvalue weighted by Gasteiger charge is -2.14. The third kappa shape index (κ3) is 4.69. The summed E-state index contributed by atoms with van der Waals surface area (Å²) in [5, 5.41) is 7.40. The molecule has 7 heteroatoms. The van der Waals surface area contributed by atoms with Crippen LogP contribution in [-0.4, -0.2) is 20.7 Å². The van der Waals surface area contributed by atoms with Gasteiger partial charge in [0.15, 0.2) is 11.8 Å². The van der Waals surface area contributed by atoms with Gasteiger partial charge in [0.05, 0.1) is 0 Å². The first kappa shape index (κ1) is 18.4. The van der Waals surface area contributed by atoms with Crippen LogP contribution in [0.4, 0.5) is 5.69 Å². The van der Waals surface area contributed by atoms with Crippen molar-refractivity contribution in [3.05, 3.63) is 41.5 Å². The maximum absolute atomic E-state index is 5.98. The second kappa shape index (κ2) is 8.72. The second-order valence-electron chi connectivity index (χ2n) is 4.82. The summed E-state index contributed by atoms with van der Waals surface area (Å²) in [6.07, 6.45) is 3.55. The molecule has 2 aromatic rings. The third-order valence-corrected chi connectivity index (χ3v) is 3.29. The lowest BCUT2D eigenvalue weighted by molar-refractivity contribution is 0.742. The fraction of sp³-hybridized carbons (Fsp3) is 0.400. The Hall–Kier alpha value is -1.64. The number of guanidine groups is 1. The van der Waals surface area contributed by atoms with Gasteiger partial charge in [0.25, 0.3) is 0 Å². The van der Waals surface area contributed by atoms with Crippen LogP contribution >= 0.6 is 24.0 Å². The Labute approximate surface area is 148 Å². The van der Waals surface area contributed by atoms with Crippen LogP contribution in [0.5, 0.6) is 0 Å². The van der Waals surface area contributed by atoms with Gasteiger partial charge in [-0.2, -0.15) is 5.10 Å². The third-order valence-electron chi connectivity index (χ3n) is 3.29. The standard InChI is InChI=1S/C15H22N6.HI/c1-4-11-7-6-8-12(5-2)14(11)19-15(16)17-9-13-18-10-21(3)20-13;/h6-8,10H,4-5,9H2,1-3H3,(H3,16,17,19);1H. The topological polar surface area (TPSA) is 81.1 Å². The molecule has 0 bridgehead atoms. The average Bonchev–Trinajstić information content (AvgIpc) is 2.91. The largest absolute Gasteiger partial charge is 0.370 e. The van der Waals surface area contributed by atoms with Gasteiger partial charge < -0.3 is 11.1 Å². The Morgan fingerprint density at radius 2 is 1.91 bits per heavy atom. The molecule has 0 aliphatic heterocycles. The monoisotopic (exact) mass is 414 g/mol. The number of hydrogen-bond acceptors (Lipinski definition) is 3. The number of aromatic nitrogens is 3. The van der Waals surface area contributed by atoms with Crippen molar-refractivity contribution in [1.82, 2.24) is 14.8 Å². The zero-order valence-corrected chi connectivity index (χ0v) is 15.5. The fourth-order valence-electron chi connectivity index (χ4n) is 2.18. The number of hydrogen-bond donors (Lipinski definition) is 2. The van der Waals surface area contributed by atoms with E-state index < -0.39 is 0 Å². The summed E-state index contributed by atoms with van der Waals surface area (Å²) in [7, 11) is 1.83. The van der Waals surface area contributed by atoms with Crippen LogP contribution in [-0.2, 0) is 26.4 Å². The quantitative estimate of drug-likeness (QED) is 0.448. The van der Waals surface area contributed by atoms with Crippen LogP contribution in [0.15, 0.2) is 29.5 Å². The number of aliphatic imine (C=N–C) groups is 1. The Kier molecular flexibility index (Phi) is 7.30. The molecule has 2 rings (SSSR count). The van der Waals surface area contributed by atoms with Crippen molar-refractivity contribution in [3.63, 3.8) is 0 Å². The first-order chi connectivity index (χ1) is 10.1. The summed E-state index contributed by atoms with van der Waals surface area (Å²) in [4.78, 5) is 8.42. The molecule has 0 amide bonds. The zero-order valence-electron chi connectivity index (χ0n) is 13.2. The van der Waals surface area contributed by atoms with E-state index in [0.717, 1.165) is 18.5 Å².